The summed E-state index contributed by atoms with van der Waals surface area (Å²) >= 11 is 6.01. The highest BCUT2D eigenvalue weighted by Crippen LogP contribution is 2.27. The Morgan fingerprint density at radius 1 is 1.27 bits per heavy atom. The highest BCUT2D eigenvalue weighted by atomic mass is 35.5. The summed E-state index contributed by atoms with van der Waals surface area (Å²) in [6, 6.07) is 8.24. The molecular formula is C18H27ClN2O. The van der Waals surface area contributed by atoms with Gasteiger partial charge in [0.15, 0.2) is 0 Å². The normalized spacial score (nSPS) is 18.4. The standard InChI is InChI=1S/C18H27ClN2O/c1-13(2)18(22)20-12-17(15-4-6-16(19)7-5-15)21-10-8-14(3)9-11-21/h4-7,13-14,17H,8-12H2,1-3H3,(H,20,22). The summed E-state index contributed by atoms with van der Waals surface area (Å²) < 4.78 is 0. The van der Waals surface area contributed by atoms with Crippen molar-refractivity contribution in [1.29, 1.82) is 0 Å². The average molecular weight is 323 g/mol. The van der Waals surface area contributed by atoms with Gasteiger partial charge in [-0.15, -0.1) is 0 Å². The lowest BCUT2D eigenvalue weighted by atomic mass is 9.95. The Hall–Kier alpha value is -1.06. The van der Waals surface area contributed by atoms with Gasteiger partial charge in [0.2, 0.25) is 5.91 Å². The molecule has 1 aromatic rings. The lowest BCUT2D eigenvalue weighted by Crippen LogP contribution is -2.42. The molecule has 0 aromatic heterocycles. The molecule has 1 amide bonds. The average Bonchev–Trinajstić information content (AvgIpc) is 2.50. The summed E-state index contributed by atoms with van der Waals surface area (Å²) in [5.74, 6) is 0.934. The molecule has 0 aliphatic carbocycles. The van der Waals surface area contributed by atoms with E-state index in [1.807, 2.05) is 26.0 Å². The predicted octanol–water partition coefficient (Wildman–Crippen LogP) is 3.89. The fourth-order valence-electron chi connectivity index (χ4n) is 2.88. The van der Waals surface area contributed by atoms with Crippen molar-refractivity contribution in [3.63, 3.8) is 0 Å². The third kappa shape index (κ3) is 4.72. The number of piperidine rings is 1. The Bertz CT molecular complexity index is 478. The number of rotatable bonds is 5. The van der Waals surface area contributed by atoms with Gasteiger partial charge in [0.05, 0.1) is 6.04 Å². The van der Waals surface area contributed by atoms with Crippen molar-refractivity contribution in [3.8, 4) is 0 Å². The first-order valence-electron chi connectivity index (χ1n) is 8.24. The Morgan fingerprint density at radius 3 is 2.41 bits per heavy atom. The van der Waals surface area contributed by atoms with Crippen LogP contribution in [-0.2, 0) is 4.79 Å². The molecule has 1 aliphatic heterocycles. The van der Waals surface area contributed by atoms with Gasteiger partial charge < -0.3 is 5.32 Å². The number of nitrogens with zero attached hydrogens (tertiary/aromatic N) is 1. The topological polar surface area (TPSA) is 32.3 Å². The Morgan fingerprint density at radius 2 is 1.86 bits per heavy atom. The molecule has 1 atom stereocenters. The Labute approximate surface area is 139 Å². The summed E-state index contributed by atoms with van der Waals surface area (Å²) in [5.41, 5.74) is 1.23. The maximum atomic E-state index is 11.9. The quantitative estimate of drug-likeness (QED) is 0.892. The van der Waals surface area contributed by atoms with Crippen molar-refractivity contribution in [1.82, 2.24) is 10.2 Å². The smallest absolute Gasteiger partial charge is 0.222 e. The van der Waals surface area contributed by atoms with Gasteiger partial charge in [0, 0.05) is 17.5 Å². The summed E-state index contributed by atoms with van der Waals surface area (Å²) in [6.45, 7) is 9.00. The zero-order chi connectivity index (χ0) is 16.1. The highest BCUT2D eigenvalue weighted by Gasteiger charge is 2.25. The number of amides is 1. The van der Waals surface area contributed by atoms with Crippen LogP contribution in [0, 0.1) is 11.8 Å². The number of nitrogens with one attached hydrogen (secondary N) is 1. The molecule has 0 spiro atoms. The van der Waals surface area contributed by atoms with E-state index in [2.05, 4.69) is 29.3 Å². The van der Waals surface area contributed by atoms with Gasteiger partial charge in [0.1, 0.15) is 0 Å². The molecule has 0 radical (unpaired) electrons. The third-order valence-corrected chi connectivity index (χ3v) is 4.76. The van der Waals surface area contributed by atoms with E-state index >= 15 is 0 Å². The highest BCUT2D eigenvalue weighted by molar-refractivity contribution is 6.30. The van der Waals surface area contributed by atoms with Crippen LogP contribution in [0.2, 0.25) is 5.02 Å². The minimum Gasteiger partial charge on any atom is -0.354 e. The minimum atomic E-state index is 0.0206. The SMILES string of the molecule is CC1CCN(C(CNC(=O)C(C)C)c2ccc(Cl)cc2)CC1. The van der Waals surface area contributed by atoms with Crippen molar-refractivity contribution in [2.45, 2.75) is 39.7 Å². The van der Waals surface area contributed by atoms with Gasteiger partial charge in [-0.3, -0.25) is 9.69 Å². The number of benzene rings is 1. The molecular weight excluding hydrogens is 296 g/mol. The van der Waals surface area contributed by atoms with Crippen LogP contribution in [0.4, 0.5) is 0 Å². The van der Waals surface area contributed by atoms with E-state index in [1.54, 1.807) is 0 Å². The third-order valence-electron chi connectivity index (χ3n) is 4.51. The molecule has 1 aliphatic rings. The molecule has 2 rings (SSSR count). The van der Waals surface area contributed by atoms with E-state index in [0.29, 0.717) is 6.54 Å². The first-order valence-corrected chi connectivity index (χ1v) is 8.62. The van der Waals surface area contributed by atoms with E-state index in [-0.39, 0.29) is 17.9 Å². The molecule has 3 nitrogen and oxygen atoms in total. The van der Waals surface area contributed by atoms with E-state index in [0.717, 1.165) is 24.0 Å². The maximum Gasteiger partial charge on any atom is 0.222 e. The van der Waals surface area contributed by atoms with Gasteiger partial charge in [-0.2, -0.15) is 0 Å². The summed E-state index contributed by atoms with van der Waals surface area (Å²) in [6.07, 6.45) is 2.45. The molecule has 1 unspecified atom stereocenters. The fourth-order valence-corrected chi connectivity index (χ4v) is 3.01. The minimum absolute atomic E-state index is 0.0206. The number of halogens is 1. The molecule has 0 bridgehead atoms. The fraction of sp³-hybridized carbons (Fsp3) is 0.611. The van der Waals surface area contributed by atoms with Gasteiger partial charge in [0.25, 0.3) is 0 Å². The van der Waals surface area contributed by atoms with Crippen LogP contribution in [0.3, 0.4) is 0 Å². The second kappa shape index (κ2) is 7.98. The number of carbonyl (C=O) groups is 1. The zero-order valence-corrected chi connectivity index (χ0v) is 14.6. The Balaban J connectivity index is 2.09. The molecule has 122 valence electrons. The summed E-state index contributed by atoms with van der Waals surface area (Å²) in [5, 5.41) is 3.84. The molecule has 1 aromatic carbocycles. The second-order valence-electron chi connectivity index (χ2n) is 6.69. The van der Waals surface area contributed by atoms with Crippen molar-refractivity contribution >= 4 is 17.5 Å². The van der Waals surface area contributed by atoms with E-state index < -0.39 is 0 Å². The van der Waals surface area contributed by atoms with Crippen LogP contribution in [-0.4, -0.2) is 30.4 Å². The van der Waals surface area contributed by atoms with Crippen molar-refractivity contribution in [3.05, 3.63) is 34.9 Å². The number of hydrogen-bond acceptors (Lipinski definition) is 2. The van der Waals surface area contributed by atoms with Gasteiger partial charge in [-0.05, 0) is 49.5 Å². The van der Waals surface area contributed by atoms with Crippen molar-refractivity contribution in [2.24, 2.45) is 11.8 Å². The number of hydrogen-bond donors (Lipinski definition) is 1. The first kappa shape index (κ1) is 17.3. The van der Waals surface area contributed by atoms with Crippen LogP contribution in [0.1, 0.15) is 45.2 Å². The van der Waals surface area contributed by atoms with Crippen LogP contribution in [0.15, 0.2) is 24.3 Å². The molecule has 22 heavy (non-hydrogen) atoms. The molecule has 4 heteroatoms. The predicted molar refractivity (Wildman–Crippen MR) is 92.0 cm³/mol. The number of likely N-dealkylation sites (tertiary alicyclic amines) is 1. The van der Waals surface area contributed by atoms with Crippen LogP contribution in [0.5, 0.6) is 0 Å². The van der Waals surface area contributed by atoms with Gasteiger partial charge in [-0.1, -0.05) is 44.5 Å². The van der Waals surface area contributed by atoms with E-state index in [1.165, 1.54) is 18.4 Å². The van der Waals surface area contributed by atoms with Gasteiger partial charge in [-0.25, -0.2) is 0 Å². The zero-order valence-electron chi connectivity index (χ0n) is 13.8. The molecule has 1 saturated heterocycles. The lowest BCUT2D eigenvalue weighted by molar-refractivity contribution is -0.124. The van der Waals surface area contributed by atoms with Gasteiger partial charge >= 0.3 is 0 Å². The van der Waals surface area contributed by atoms with E-state index in [9.17, 15) is 4.79 Å². The Kier molecular flexibility index (Phi) is 6.27. The molecule has 1 fully saturated rings. The van der Waals surface area contributed by atoms with Crippen LogP contribution < -0.4 is 5.32 Å². The summed E-state index contributed by atoms with van der Waals surface area (Å²) in [4.78, 5) is 14.4. The maximum absolute atomic E-state index is 11.9. The lowest BCUT2D eigenvalue weighted by Gasteiger charge is -2.37. The first-order chi connectivity index (χ1) is 10.5. The second-order valence-corrected chi connectivity index (χ2v) is 7.12. The van der Waals surface area contributed by atoms with Crippen LogP contribution >= 0.6 is 11.6 Å². The van der Waals surface area contributed by atoms with Crippen molar-refractivity contribution < 1.29 is 4.79 Å². The van der Waals surface area contributed by atoms with Crippen LogP contribution in [0.25, 0.3) is 0 Å². The molecule has 0 saturated carbocycles. The number of carbonyl (C=O) groups excluding carboxylic acids is 1. The van der Waals surface area contributed by atoms with Crippen molar-refractivity contribution in [2.75, 3.05) is 19.6 Å². The van der Waals surface area contributed by atoms with E-state index in [4.69, 9.17) is 11.6 Å². The molecule has 1 heterocycles. The molecule has 1 N–H and O–H groups in total. The summed E-state index contributed by atoms with van der Waals surface area (Å²) in [7, 11) is 0. The monoisotopic (exact) mass is 322 g/mol. The largest absolute Gasteiger partial charge is 0.354 e.